The van der Waals surface area contributed by atoms with Crippen molar-refractivity contribution >= 4 is 11.7 Å². The summed E-state index contributed by atoms with van der Waals surface area (Å²) in [6, 6.07) is 0.132. The van der Waals surface area contributed by atoms with Crippen molar-refractivity contribution in [3.05, 3.63) is 0 Å². The van der Waals surface area contributed by atoms with E-state index < -0.39 is 0 Å². The number of carbonyl (C=O) groups excluding carboxylic acids is 2. The summed E-state index contributed by atoms with van der Waals surface area (Å²) in [7, 11) is 0. The van der Waals surface area contributed by atoms with Crippen LogP contribution in [-0.4, -0.2) is 54.1 Å². The van der Waals surface area contributed by atoms with E-state index in [4.69, 9.17) is 9.47 Å². The number of nitrogens with zero attached hydrogens (tertiary/aromatic N) is 1. The van der Waals surface area contributed by atoms with Crippen molar-refractivity contribution in [3.8, 4) is 0 Å². The smallest absolute Gasteiger partial charge is 0.222 e. The lowest BCUT2D eigenvalue weighted by atomic mass is 10.0. The van der Waals surface area contributed by atoms with Crippen LogP contribution in [0.3, 0.4) is 0 Å². The van der Waals surface area contributed by atoms with Crippen LogP contribution in [0.2, 0.25) is 0 Å². The van der Waals surface area contributed by atoms with E-state index in [0.29, 0.717) is 31.8 Å². The van der Waals surface area contributed by atoms with E-state index in [9.17, 15) is 9.59 Å². The lowest BCUT2D eigenvalue weighted by molar-refractivity contribution is -0.134. The first-order chi connectivity index (χ1) is 13.7. The van der Waals surface area contributed by atoms with Crippen molar-refractivity contribution in [2.75, 3.05) is 13.2 Å². The standard InChI is InChI=1S/C24H45NO4.CH4/c1-18(2)23(26)13-11-9-7-8-10-12-14-24(27)25-16-22(29-20(5)6)15-21(25)17-28-19(3)4;/h18-22H,7-17H2,1-6H3;1H4/t21-,22+;/m0./s1. The predicted octanol–water partition coefficient (Wildman–Crippen LogP) is 5.79. The highest BCUT2D eigenvalue weighted by Crippen LogP contribution is 2.24. The first-order valence-electron chi connectivity index (χ1n) is 11.8. The first kappa shape index (κ1) is 29.1. The van der Waals surface area contributed by atoms with E-state index in [1.54, 1.807) is 0 Å². The molecule has 0 radical (unpaired) electrons. The molecule has 1 saturated heterocycles. The van der Waals surface area contributed by atoms with Gasteiger partial charge in [0.25, 0.3) is 0 Å². The lowest BCUT2D eigenvalue weighted by Crippen LogP contribution is -2.39. The lowest BCUT2D eigenvalue weighted by Gasteiger charge is -2.25. The van der Waals surface area contributed by atoms with E-state index >= 15 is 0 Å². The van der Waals surface area contributed by atoms with Gasteiger partial charge in [0.2, 0.25) is 5.91 Å². The zero-order chi connectivity index (χ0) is 21.8. The molecule has 0 aliphatic carbocycles. The largest absolute Gasteiger partial charge is 0.377 e. The van der Waals surface area contributed by atoms with Gasteiger partial charge in [-0.05, 0) is 47.0 Å². The Hall–Kier alpha value is -0.940. The van der Waals surface area contributed by atoms with Crippen LogP contribution in [0.25, 0.3) is 0 Å². The molecule has 0 aromatic carbocycles. The average Bonchev–Trinajstić information content (AvgIpc) is 3.03. The zero-order valence-corrected chi connectivity index (χ0v) is 19.7. The Labute approximate surface area is 186 Å². The Balaban J connectivity index is 0.00000841. The van der Waals surface area contributed by atoms with Gasteiger partial charge >= 0.3 is 0 Å². The van der Waals surface area contributed by atoms with Crippen LogP contribution in [0, 0.1) is 5.92 Å². The van der Waals surface area contributed by atoms with Crippen LogP contribution in [0.1, 0.15) is 107 Å². The minimum Gasteiger partial charge on any atom is -0.377 e. The van der Waals surface area contributed by atoms with Crippen molar-refractivity contribution in [2.45, 2.75) is 131 Å². The molecule has 2 atom stereocenters. The molecule has 1 heterocycles. The van der Waals surface area contributed by atoms with Gasteiger partial charge < -0.3 is 14.4 Å². The fourth-order valence-corrected chi connectivity index (χ4v) is 3.84. The molecule has 30 heavy (non-hydrogen) atoms. The van der Waals surface area contributed by atoms with Gasteiger partial charge in [-0.2, -0.15) is 0 Å². The fourth-order valence-electron chi connectivity index (χ4n) is 3.84. The molecule has 1 fully saturated rings. The Morgan fingerprint density at radius 2 is 1.43 bits per heavy atom. The summed E-state index contributed by atoms with van der Waals surface area (Å²) in [6.07, 6.45) is 9.08. The Bertz CT molecular complexity index is 476. The second-order valence-corrected chi connectivity index (χ2v) is 9.37. The van der Waals surface area contributed by atoms with E-state index in [2.05, 4.69) is 0 Å². The van der Waals surface area contributed by atoms with Crippen molar-refractivity contribution < 1.29 is 19.1 Å². The summed E-state index contributed by atoms with van der Waals surface area (Å²) in [5.74, 6) is 0.767. The second-order valence-electron chi connectivity index (χ2n) is 9.37. The maximum Gasteiger partial charge on any atom is 0.222 e. The van der Waals surface area contributed by atoms with E-state index in [0.717, 1.165) is 44.9 Å². The molecule has 5 heteroatoms. The van der Waals surface area contributed by atoms with Crippen LogP contribution >= 0.6 is 0 Å². The molecule has 0 aromatic heterocycles. The number of unbranched alkanes of at least 4 members (excludes halogenated alkanes) is 5. The molecule has 0 aromatic rings. The molecule has 0 spiro atoms. The molecule has 5 nitrogen and oxygen atoms in total. The summed E-state index contributed by atoms with van der Waals surface area (Å²) >= 11 is 0. The van der Waals surface area contributed by atoms with Gasteiger partial charge in [-0.25, -0.2) is 0 Å². The summed E-state index contributed by atoms with van der Waals surface area (Å²) < 4.78 is 11.8. The molecule has 1 amide bonds. The molecule has 1 rings (SSSR count). The predicted molar refractivity (Wildman–Crippen MR) is 125 cm³/mol. The molecule has 0 unspecified atom stereocenters. The van der Waals surface area contributed by atoms with E-state index in [-0.39, 0.29) is 43.6 Å². The number of hydrogen-bond donors (Lipinski definition) is 0. The van der Waals surface area contributed by atoms with Gasteiger partial charge in [0, 0.05) is 25.3 Å². The van der Waals surface area contributed by atoms with E-state index in [1.807, 2.05) is 46.4 Å². The second kappa shape index (κ2) is 15.8. The van der Waals surface area contributed by atoms with Crippen LogP contribution in [0.15, 0.2) is 0 Å². The number of ether oxygens (including phenoxy) is 2. The maximum atomic E-state index is 12.8. The monoisotopic (exact) mass is 427 g/mol. The Kier molecular flexibility index (Phi) is 15.3. The number of likely N-dealkylation sites (tertiary alicyclic amines) is 1. The third-order valence-corrected chi connectivity index (χ3v) is 5.49. The van der Waals surface area contributed by atoms with Crippen LogP contribution in [0.5, 0.6) is 0 Å². The molecule has 1 aliphatic rings. The number of rotatable bonds is 15. The highest BCUT2D eigenvalue weighted by atomic mass is 16.5. The number of amides is 1. The number of ketones is 1. The topological polar surface area (TPSA) is 55.8 Å². The van der Waals surface area contributed by atoms with Gasteiger partial charge in [-0.15, -0.1) is 0 Å². The van der Waals surface area contributed by atoms with Gasteiger partial charge in [-0.3, -0.25) is 9.59 Å². The van der Waals surface area contributed by atoms with Crippen LogP contribution in [-0.2, 0) is 19.1 Å². The quantitative estimate of drug-likeness (QED) is 0.310. The summed E-state index contributed by atoms with van der Waals surface area (Å²) in [6.45, 7) is 13.4. The Morgan fingerprint density at radius 3 is 1.97 bits per heavy atom. The molecule has 178 valence electrons. The summed E-state index contributed by atoms with van der Waals surface area (Å²) in [5, 5.41) is 0. The van der Waals surface area contributed by atoms with Crippen LogP contribution in [0.4, 0.5) is 0 Å². The minimum absolute atomic E-state index is 0. The van der Waals surface area contributed by atoms with E-state index in [1.165, 1.54) is 0 Å². The van der Waals surface area contributed by atoms with Gasteiger partial charge in [0.05, 0.1) is 31.0 Å². The molecular weight excluding hydrogens is 378 g/mol. The van der Waals surface area contributed by atoms with Crippen molar-refractivity contribution in [1.82, 2.24) is 4.90 Å². The third-order valence-electron chi connectivity index (χ3n) is 5.49. The molecular formula is C25H49NO4. The molecule has 0 bridgehead atoms. The van der Waals surface area contributed by atoms with Gasteiger partial charge in [-0.1, -0.05) is 47.0 Å². The van der Waals surface area contributed by atoms with Crippen molar-refractivity contribution in [3.63, 3.8) is 0 Å². The first-order valence-corrected chi connectivity index (χ1v) is 11.8. The highest BCUT2D eigenvalue weighted by molar-refractivity contribution is 5.80. The van der Waals surface area contributed by atoms with Crippen LogP contribution < -0.4 is 0 Å². The summed E-state index contributed by atoms with van der Waals surface area (Å²) in [4.78, 5) is 26.4. The molecule has 0 saturated carbocycles. The van der Waals surface area contributed by atoms with Gasteiger partial charge in [0.1, 0.15) is 5.78 Å². The highest BCUT2D eigenvalue weighted by Gasteiger charge is 2.36. The summed E-state index contributed by atoms with van der Waals surface area (Å²) in [5.41, 5.74) is 0. The molecule has 0 N–H and O–H groups in total. The zero-order valence-electron chi connectivity index (χ0n) is 19.7. The molecule has 1 aliphatic heterocycles. The minimum atomic E-state index is 0. The normalized spacial score (nSPS) is 19.0. The van der Waals surface area contributed by atoms with Crippen molar-refractivity contribution in [2.24, 2.45) is 5.92 Å². The van der Waals surface area contributed by atoms with Crippen molar-refractivity contribution in [1.29, 1.82) is 0 Å². The SMILES string of the molecule is C.CC(C)OC[C@@H]1C[C@@H](OC(C)C)CN1C(=O)CCCCCCCCC(=O)C(C)C. The maximum absolute atomic E-state index is 12.8. The number of hydrogen-bond acceptors (Lipinski definition) is 4. The fraction of sp³-hybridized carbons (Fsp3) is 0.920. The number of carbonyl (C=O) groups is 2. The number of Topliss-reactive ketones (excluding diaryl/α,β-unsaturated/α-hetero) is 1. The third kappa shape index (κ3) is 12.0. The van der Waals surface area contributed by atoms with Gasteiger partial charge in [0.15, 0.2) is 0 Å². The average molecular weight is 428 g/mol. The Morgan fingerprint density at radius 1 is 0.867 bits per heavy atom.